The molecule has 0 bridgehead atoms. The summed E-state index contributed by atoms with van der Waals surface area (Å²) in [6.07, 6.45) is 2.74. The van der Waals surface area contributed by atoms with Gasteiger partial charge in [0, 0.05) is 16.9 Å². The van der Waals surface area contributed by atoms with E-state index in [2.05, 4.69) is 9.97 Å². The molecule has 1 aromatic heterocycles. The lowest BCUT2D eigenvalue weighted by Crippen LogP contribution is -1.97. The van der Waals surface area contributed by atoms with Crippen molar-refractivity contribution < 1.29 is 8.42 Å². The van der Waals surface area contributed by atoms with E-state index in [1.54, 1.807) is 0 Å². The predicted octanol–water partition coefficient (Wildman–Crippen LogP) is 0.545. The molecule has 0 fully saturated rings. The maximum Gasteiger partial charge on any atom is 0.238 e. The Balaban J connectivity index is 2.82. The van der Waals surface area contributed by atoms with Gasteiger partial charge in [-0.2, -0.15) is 0 Å². The van der Waals surface area contributed by atoms with Crippen LogP contribution < -0.4 is 0 Å². The molecule has 11 heavy (non-hydrogen) atoms. The molecular formula is C5H5ClN2O2S. The fraction of sp³-hybridized carbons (Fsp3) is 0.200. The lowest BCUT2D eigenvalue weighted by Gasteiger charge is -1.93. The Morgan fingerprint density at radius 2 is 2.27 bits per heavy atom. The topological polar surface area (TPSA) is 59.9 Å². The second-order valence-electron chi connectivity index (χ2n) is 1.88. The van der Waals surface area contributed by atoms with Crippen LogP contribution >= 0.6 is 10.7 Å². The molecule has 0 saturated heterocycles. The molecule has 0 atom stereocenters. The van der Waals surface area contributed by atoms with Gasteiger partial charge in [-0.3, -0.25) is 0 Å². The Hall–Kier alpha value is -0.680. The fourth-order valence-corrected chi connectivity index (χ4v) is 1.44. The lowest BCUT2D eigenvalue weighted by molar-refractivity contribution is 0.608. The van der Waals surface area contributed by atoms with Crippen LogP contribution in [0.3, 0.4) is 0 Å². The van der Waals surface area contributed by atoms with Crippen LogP contribution in [-0.4, -0.2) is 18.4 Å². The zero-order valence-corrected chi connectivity index (χ0v) is 7.01. The van der Waals surface area contributed by atoms with E-state index in [4.69, 9.17) is 10.7 Å². The first-order chi connectivity index (χ1) is 5.08. The van der Waals surface area contributed by atoms with Crippen molar-refractivity contribution in [3.05, 3.63) is 24.3 Å². The summed E-state index contributed by atoms with van der Waals surface area (Å²) in [6, 6.07) is 1.50. The monoisotopic (exact) mass is 192 g/mol. The van der Waals surface area contributed by atoms with Gasteiger partial charge in [-0.25, -0.2) is 18.4 Å². The molecule has 0 amide bonds. The van der Waals surface area contributed by atoms with Gasteiger partial charge >= 0.3 is 0 Å². The number of nitrogens with zero attached hydrogens (tertiary/aromatic N) is 2. The van der Waals surface area contributed by atoms with E-state index in [9.17, 15) is 8.42 Å². The fourth-order valence-electron chi connectivity index (χ4n) is 0.580. The summed E-state index contributed by atoms with van der Waals surface area (Å²) in [6.45, 7) is 0. The van der Waals surface area contributed by atoms with Crippen LogP contribution in [0, 0.1) is 0 Å². The second-order valence-corrected chi connectivity index (χ2v) is 4.66. The molecule has 1 aromatic rings. The minimum Gasteiger partial charge on any atom is -0.245 e. The van der Waals surface area contributed by atoms with Crippen molar-refractivity contribution >= 4 is 19.7 Å². The molecule has 0 aliphatic rings. The SMILES string of the molecule is O=S(=O)(Cl)Cc1ccncn1. The molecule has 4 nitrogen and oxygen atoms in total. The molecule has 0 aromatic carbocycles. The smallest absolute Gasteiger partial charge is 0.238 e. The van der Waals surface area contributed by atoms with Crippen LogP contribution in [0.25, 0.3) is 0 Å². The normalized spacial score (nSPS) is 11.4. The van der Waals surface area contributed by atoms with E-state index >= 15 is 0 Å². The third kappa shape index (κ3) is 3.29. The summed E-state index contributed by atoms with van der Waals surface area (Å²) in [5.74, 6) is -0.253. The first kappa shape index (κ1) is 8.42. The number of rotatable bonds is 2. The third-order valence-corrected chi connectivity index (χ3v) is 1.93. The average Bonchev–Trinajstić information content (AvgIpc) is 1.85. The maximum absolute atomic E-state index is 10.5. The van der Waals surface area contributed by atoms with Gasteiger partial charge in [-0.1, -0.05) is 0 Å². The van der Waals surface area contributed by atoms with Crippen LogP contribution in [-0.2, 0) is 14.8 Å². The first-order valence-corrected chi connectivity index (χ1v) is 5.23. The number of hydrogen-bond donors (Lipinski definition) is 0. The predicted molar refractivity (Wildman–Crippen MR) is 40.5 cm³/mol. The Bertz CT molecular complexity index is 324. The number of hydrogen-bond acceptors (Lipinski definition) is 4. The van der Waals surface area contributed by atoms with Crippen molar-refractivity contribution in [1.82, 2.24) is 9.97 Å². The molecule has 0 radical (unpaired) electrons. The summed E-state index contributed by atoms with van der Waals surface area (Å²) in [5, 5.41) is 0. The van der Waals surface area contributed by atoms with Crippen LogP contribution in [0.4, 0.5) is 0 Å². The van der Waals surface area contributed by atoms with Gasteiger partial charge in [-0.05, 0) is 6.07 Å². The quantitative estimate of drug-likeness (QED) is 0.642. The standard InChI is InChI=1S/C5H5ClN2O2S/c6-11(9,10)3-5-1-2-7-4-8-5/h1-2,4H,3H2. The van der Waals surface area contributed by atoms with Crippen molar-refractivity contribution in [2.75, 3.05) is 0 Å². The minimum absolute atomic E-state index is 0.253. The highest BCUT2D eigenvalue weighted by molar-refractivity contribution is 8.13. The van der Waals surface area contributed by atoms with Gasteiger partial charge in [0.25, 0.3) is 0 Å². The van der Waals surface area contributed by atoms with Crippen molar-refractivity contribution in [3.8, 4) is 0 Å². The highest BCUT2D eigenvalue weighted by Crippen LogP contribution is 2.04. The molecule has 0 saturated carbocycles. The average molecular weight is 193 g/mol. The highest BCUT2D eigenvalue weighted by atomic mass is 35.7. The van der Waals surface area contributed by atoms with Gasteiger partial charge in [0.05, 0.1) is 5.69 Å². The Morgan fingerprint density at radius 1 is 1.55 bits per heavy atom. The zero-order chi connectivity index (χ0) is 8.32. The summed E-state index contributed by atoms with van der Waals surface area (Å²) in [7, 11) is 1.48. The van der Waals surface area contributed by atoms with Crippen molar-refractivity contribution in [3.63, 3.8) is 0 Å². The number of halogens is 1. The summed E-state index contributed by atoms with van der Waals surface area (Å²) < 4.78 is 21.0. The van der Waals surface area contributed by atoms with E-state index in [1.165, 1.54) is 18.6 Å². The Morgan fingerprint density at radius 3 is 2.73 bits per heavy atom. The molecule has 60 valence electrons. The summed E-state index contributed by atoms with van der Waals surface area (Å²) >= 11 is 0. The van der Waals surface area contributed by atoms with Crippen molar-refractivity contribution in [2.24, 2.45) is 0 Å². The van der Waals surface area contributed by atoms with Gasteiger partial charge in [0.2, 0.25) is 9.05 Å². The second kappa shape index (κ2) is 3.15. The van der Waals surface area contributed by atoms with Crippen LogP contribution in [0.2, 0.25) is 0 Å². The third-order valence-electron chi connectivity index (χ3n) is 0.964. The Kier molecular flexibility index (Phi) is 2.41. The summed E-state index contributed by atoms with van der Waals surface area (Å²) in [5.41, 5.74) is 0.398. The van der Waals surface area contributed by atoms with E-state index in [1.807, 2.05) is 0 Å². The van der Waals surface area contributed by atoms with Gasteiger partial charge in [0.15, 0.2) is 0 Å². The lowest BCUT2D eigenvalue weighted by atomic mass is 10.5. The molecular weight excluding hydrogens is 188 g/mol. The molecule has 0 unspecified atom stereocenters. The minimum atomic E-state index is -3.50. The van der Waals surface area contributed by atoms with Crippen LogP contribution in [0.1, 0.15) is 5.69 Å². The number of aromatic nitrogens is 2. The Labute approximate surface area is 68.7 Å². The molecule has 1 heterocycles. The van der Waals surface area contributed by atoms with E-state index in [0.717, 1.165) is 0 Å². The van der Waals surface area contributed by atoms with Gasteiger partial charge < -0.3 is 0 Å². The largest absolute Gasteiger partial charge is 0.245 e. The van der Waals surface area contributed by atoms with Crippen molar-refractivity contribution in [2.45, 2.75) is 5.75 Å². The van der Waals surface area contributed by atoms with Crippen LogP contribution in [0.15, 0.2) is 18.6 Å². The van der Waals surface area contributed by atoms with Crippen LogP contribution in [0.5, 0.6) is 0 Å². The van der Waals surface area contributed by atoms with E-state index in [0.29, 0.717) is 5.69 Å². The molecule has 0 spiro atoms. The molecule has 6 heteroatoms. The highest BCUT2D eigenvalue weighted by Gasteiger charge is 2.06. The van der Waals surface area contributed by atoms with E-state index in [-0.39, 0.29) is 5.75 Å². The zero-order valence-electron chi connectivity index (χ0n) is 5.44. The maximum atomic E-state index is 10.5. The molecule has 0 aliphatic heterocycles. The van der Waals surface area contributed by atoms with E-state index < -0.39 is 9.05 Å². The van der Waals surface area contributed by atoms with Crippen molar-refractivity contribution in [1.29, 1.82) is 0 Å². The van der Waals surface area contributed by atoms with Gasteiger partial charge in [-0.15, -0.1) is 0 Å². The molecule has 0 N–H and O–H groups in total. The van der Waals surface area contributed by atoms with Gasteiger partial charge in [0.1, 0.15) is 12.1 Å². The summed E-state index contributed by atoms with van der Waals surface area (Å²) in [4.78, 5) is 7.32. The molecule has 0 aliphatic carbocycles. The first-order valence-electron chi connectivity index (χ1n) is 2.75. The molecule has 1 rings (SSSR count).